The average molecular weight is 2100 g/mol. The van der Waals surface area contributed by atoms with E-state index in [0.29, 0.717) is 0 Å². The van der Waals surface area contributed by atoms with Crippen LogP contribution in [-0.2, 0) is 124 Å². The van der Waals surface area contributed by atoms with Crippen LogP contribution in [0.4, 0.5) is 0 Å². The zero-order valence-corrected chi connectivity index (χ0v) is 86.9. The number of methoxy groups -OCH3 is 6. The van der Waals surface area contributed by atoms with E-state index in [0.717, 1.165) is 0 Å². The lowest BCUT2D eigenvalue weighted by Crippen LogP contribution is -2.59. The third-order valence-corrected chi connectivity index (χ3v) is 25.7. The van der Waals surface area contributed by atoms with Gasteiger partial charge in [-0.25, -0.2) is 0 Å². The molecule has 147 heavy (non-hydrogen) atoms. The fraction of sp³-hybridized carbons (Fsp3) is 0.780. The summed E-state index contributed by atoms with van der Waals surface area (Å²) in [4.78, 5) is 299. The Balaban J connectivity index is 1.91. The Morgan fingerprint density at radius 2 is 0.306 bits per heavy atom. The van der Waals surface area contributed by atoms with E-state index in [9.17, 15) is 107 Å². The summed E-state index contributed by atoms with van der Waals surface area (Å²) in [6.07, 6.45) is 0. The smallest absolute Gasteiger partial charge is 0.319 e. The van der Waals surface area contributed by atoms with Gasteiger partial charge in [0, 0.05) is 306 Å². The third kappa shape index (κ3) is 54.5. The second-order valence-electron chi connectivity index (χ2n) is 36.3. The first-order valence-corrected chi connectivity index (χ1v) is 49.3. The van der Waals surface area contributed by atoms with E-state index in [2.05, 4.69) is 21.3 Å². The highest BCUT2D eigenvalue weighted by Gasteiger charge is 2.37. The van der Waals surface area contributed by atoms with E-state index >= 15 is 19.2 Å². The van der Waals surface area contributed by atoms with Crippen molar-refractivity contribution in [3.8, 4) is 0 Å². The van der Waals surface area contributed by atoms with Crippen LogP contribution in [0, 0.1) is 5.41 Å². The molecule has 836 valence electrons. The lowest BCUT2D eigenvalue weighted by Gasteiger charge is -2.36. The van der Waals surface area contributed by atoms with E-state index in [-0.39, 0.29) is 288 Å². The number of carbonyl (C=O) groups excluding carboxylic acids is 20. The van der Waals surface area contributed by atoms with Crippen molar-refractivity contribution < 1.29 is 155 Å². The number of likely N-dealkylation sites (N-methyl/N-ethyl adjacent to an activating group) is 4. The van der Waals surface area contributed by atoms with Crippen LogP contribution in [-0.4, -0.2) is 652 Å². The molecule has 56 heteroatoms. The van der Waals surface area contributed by atoms with Gasteiger partial charge in [0.2, 0.25) is 47.3 Å². The predicted octanol–water partition coefficient (Wildman–Crippen LogP) is -19.7. The first-order chi connectivity index (χ1) is 69.9. The van der Waals surface area contributed by atoms with Gasteiger partial charge < -0.3 is 129 Å². The molecule has 0 radical (unpaired) electrons. The number of carbonyl (C=O) groups is 20. The minimum atomic E-state index is -1.85. The number of carboxylic acid groups (broad SMARTS) is 6. The fourth-order valence-corrected chi connectivity index (χ4v) is 16.5. The van der Waals surface area contributed by atoms with Gasteiger partial charge in [-0.2, -0.15) is 0 Å². The normalized spacial score (nSPS) is 17.8. The van der Waals surface area contributed by atoms with Gasteiger partial charge in [-0.05, 0) is 27.7 Å². The number of rotatable bonds is 52. The van der Waals surface area contributed by atoms with Crippen molar-refractivity contribution in [2.24, 2.45) is 5.41 Å². The lowest BCUT2D eigenvalue weighted by molar-refractivity contribution is -0.308. The standard InChI is InChI=1S/C91H160N24O32/c1-11-112(75(120)51-96-15-23-100(55-79(124)125)27-29-104(59-83(132)133)33-39-106(35-19-96)61-85(136)142-5)47-71(116)92-67-91(68-93-72(117)48-113(12-2)76(121)52-97-16-24-101(56-80(126)127)28-30-105(60-84(134)135)34-40-107(36-20-97)62-86(137)143-6,69-94-73(118)49-114(13-3)77(122)53-98-17-25-102(57-81(128)129)31-41-110(65-89(140)146-9)45-43-108(37-21-98)63-87(138)144-7)70-95-74(119)50-115(14-4)78(123)54-99-18-26-103(58-82(130)131)32-42-111(66-90(141)147-10)46-44-109(38-22-99)64-88(139)145-8/h11-70H2,1-10H3,(H,92,116)(H,93,117)(H,94,118)(H,95,119)(H,124,125)(H,126,127)(H,128,129)(H,130,131)(H,132,133)(H,134,135)/p-6. The molecule has 4 saturated heterocycles. The van der Waals surface area contributed by atoms with Gasteiger partial charge >= 0.3 is 35.8 Å². The van der Waals surface area contributed by atoms with Gasteiger partial charge in [0.25, 0.3) is 0 Å². The fourth-order valence-electron chi connectivity index (χ4n) is 16.5. The molecule has 0 aromatic heterocycles. The van der Waals surface area contributed by atoms with Gasteiger partial charge in [0.05, 0.1) is 170 Å². The molecule has 0 unspecified atom stereocenters. The van der Waals surface area contributed by atoms with Crippen LogP contribution in [0.15, 0.2) is 0 Å². The average Bonchev–Trinajstić information content (AvgIpc) is 0.840. The van der Waals surface area contributed by atoms with E-state index in [1.54, 1.807) is 86.5 Å². The lowest BCUT2D eigenvalue weighted by atomic mass is 9.86. The number of nitrogens with zero attached hydrogens (tertiary/aromatic N) is 20. The van der Waals surface area contributed by atoms with Gasteiger partial charge in [0.15, 0.2) is 0 Å². The van der Waals surface area contributed by atoms with Crippen molar-refractivity contribution in [3.63, 3.8) is 0 Å². The molecule has 4 rings (SSSR count). The van der Waals surface area contributed by atoms with Gasteiger partial charge in [-0.15, -0.1) is 0 Å². The number of carboxylic acids is 6. The summed E-state index contributed by atoms with van der Waals surface area (Å²) in [6.45, 7) is -2.53. The van der Waals surface area contributed by atoms with Crippen molar-refractivity contribution in [3.05, 3.63) is 0 Å². The minimum Gasteiger partial charge on any atom is -0.549 e. The van der Waals surface area contributed by atoms with E-state index < -0.39 is 229 Å². The minimum absolute atomic E-state index is 0.000407. The number of nitrogens with one attached hydrogen (secondary N) is 4. The predicted molar refractivity (Wildman–Crippen MR) is 509 cm³/mol. The molecule has 0 spiro atoms. The molecular formula is C91H154N24O32-6. The van der Waals surface area contributed by atoms with Gasteiger partial charge in [-0.3, -0.25) is 146 Å². The highest BCUT2D eigenvalue weighted by molar-refractivity contribution is 5.89. The molecule has 0 bridgehead atoms. The van der Waals surface area contributed by atoms with Gasteiger partial charge in [-0.1, -0.05) is 0 Å². The summed E-state index contributed by atoms with van der Waals surface area (Å²) in [5, 5.41) is 83.7. The van der Waals surface area contributed by atoms with E-state index in [1.165, 1.54) is 81.9 Å². The largest absolute Gasteiger partial charge is 0.549 e. The molecule has 4 N–H and O–H groups in total. The second-order valence-corrected chi connectivity index (χ2v) is 36.3. The summed E-state index contributed by atoms with van der Waals surface area (Å²) in [6, 6.07) is 0. The van der Waals surface area contributed by atoms with Crippen molar-refractivity contribution in [1.29, 1.82) is 0 Å². The molecule has 0 saturated carbocycles. The summed E-state index contributed by atoms with van der Waals surface area (Å²) >= 11 is 0. The van der Waals surface area contributed by atoms with Crippen LogP contribution in [0.25, 0.3) is 0 Å². The quantitative estimate of drug-likeness (QED) is 0.0324. The Hall–Kier alpha value is -11.2. The third-order valence-electron chi connectivity index (χ3n) is 25.7. The molecule has 4 aliphatic rings. The molecule has 0 aromatic carbocycles. The summed E-state index contributed by atoms with van der Waals surface area (Å²) in [5.74, 6) is -18.0. The Morgan fingerprint density at radius 1 is 0.197 bits per heavy atom. The summed E-state index contributed by atoms with van der Waals surface area (Å²) < 4.78 is 29.8. The maximum atomic E-state index is 15.0. The molecule has 4 fully saturated rings. The monoisotopic (exact) mass is 2100 g/mol. The van der Waals surface area contributed by atoms with Gasteiger partial charge in [0.1, 0.15) is 0 Å². The van der Waals surface area contributed by atoms with Crippen LogP contribution in [0.2, 0.25) is 0 Å². The zero-order valence-electron chi connectivity index (χ0n) is 86.9. The maximum absolute atomic E-state index is 15.0. The van der Waals surface area contributed by atoms with Crippen LogP contribution >= 0.6 is 0 Å². The van der Waals surface area contributed by atoms with Crippen molar-refractivity contribution in [1.82, 2.24) is 119 Å². The van der Waals surface area contributed by atoms with Crippen LogP contribution in [0.5, 0.6) is 0 Å². The molecule has 0 atom stereocenters. The first-order valence-electron chi connectivity index (χ1n) is 49.3. The summed E-state index contributed by atoms with van der Waals surface area (Å²) in [5.41, 5.74) is -1.85. The summed E-state index contributed by atoms with van der Waals surface area (Å²) in [7, 11) is 7.23. The number of ether oxygens (including phenoxy) is 6. The molecule has 4 aliphatic heterocycles. The molecule has 8 amide bonds. The first kappa shape index (κ1) is 128. The SMILES string of the molecule is CCN(CC(=O)NCC(CNC(=O)CN(CC)C(=O)CN1CCN(CC(=O)[O-])CCN(CC(=O)[O-])CCN(CC(=O)OC)CC1)(CNC(=O)CN(CC)C(=O)CN1CCN(CC(=O)[O-])CCN(CC(=O)OC)CCN(CC(=O)OC)CC1)CNC(=O)CN(CC)C(=O)CN1CCN(CC(=O)[O-])CCN(CC(=O)OC)CCN(CC(=O)OC)CC1)C(=O)CN1CCN(CC(=O)[O-])CCN(CC(=O)[O-])CCN(CC(=O)OC)CC1. The number of esters is 6. The highest BCUT2D eigenvalue weighted by atomic mass is 16.5. The number of amides is 8. The van der Waals surface area contributed by atoms with Crippen LogP contribution < -0.4 is 51.9 Å². The van der Waals surface area contributed by atoms with E-state index in [4.69, 9.17) is 28.4 Å². The molecular weight excluding hydrogens is 1940 g/mol. The van der Waals surface area contributed by atoms with Crippen molar-refractivity contribution in [2.45, 2.75) is 27.7 Å². The number of hydrogen-bond acceptors (Lipinski definition) is 48. The van der Waals surface area contributed by atoms with Crippen LogP contribution in [0.1, 0.15) is 27.7 Å². The molecule has 0 aliphatic carbocycles. The Morgan fingerprint density at radius 3 is 0.408 bits per heavy atom. The second kappa shape index (κ2) is 70.6. The topological polar surface area (TPSA) is 648 Å². The van der Waals surface area contributed by atoms with Crippen LogP contribution in [0.3, 0.4) is 0 Å². The Labute approximate surface area is 858 Å². The molecule has 4 heterocycles. The van der Waals surface area contributed by atoms with Crippen molar-refractivity contribution in [2.75, 3.05) is 435 Å². The van der Waals surface area contributed by atoms with E-state index in [1.807, 2.05) is 0 Å². The zero-order chi connectivity index (χ0) is 109. The molecule has 56 nitrogen and oxygen atoms in total. The Kier molecular flexibility index (Phi) is 61.5. The number of aliphatic carboxylic acids is 6. The molecule has 0 aromatic rings. The number of hydrogen-bond donors (Lipinski definition) is 4. The van der Waals surface area contributed by atoms with Crippen molar-refractivity contribution >= 4 is 119 Å². The highest BCUT2D eigenvalue weighted by Crippen LogP contribution is 2.17. The Bertz CT molecular complexity index is 3930. The maximum Gasteiger partial charge on any atom is 0.319 e.